The van der Waals surface area contributed by atoms with Crippen LogP contribution in [0.1, 0.15) is 30.6 Å². The van der Waals surface area contributed by atoms with E-state index in [9.17, 15) is 0 Å². The fourth-order valence-electron chi connectivity index (χ4n) is 1.83. The molecule has 0 saturated carbocycles. The fourth-order valence-corrected chi connectivity index (χ4v) is 3.09. The summed E-state index contributed by atoms with van der Waals surface area (Å²) in [7, 11) is 0. The van der Waals surface area contributed by atoms with Crippen LogP contribution >= 0.6 is 39.1 Å². The first-order valence-corrected chi connectivity index (χ1v) is 8.15. The summed E-state index contributed by atoms with van der Waals surface area (Å²) in [5, 5.41) is 10.4. The molecule has 2 aromatic rings. The SMILES string of the molecule is CCCNC(Cc1ccc(Br)cc1Cl)c1csnn1. The van der Waals surface area contributed by atoms with E-state index >= 15 is 0 Å². The van der Waals surface area contributed by atoms with E-state index in [0.29, 0.717) is 0 Å². The minimum atomic E-state index is 0.164. The molecule has 0 aliphatic heterocycles. The summed E-state index contributed by atoms with van der Waals surface area (Å²) in [6.07, 6.45) is 1.90. The summed E-state index contributed by atoms with van der Waals surface area (Å²) >= 11 is 11.1. The first-order chi connectivity index (χ1) is 9.20. The van der Waals surface area contributed by atoms with Crippen LogP contribution in [-0.2, 0) is 6.42 Å². The van der Waals surface area contributed by atoms with Crippen LogP contribution < -0.4 is 5.32 Å². The highest BCUT2D eigenvalue weighted by molar-refractivity contribution is 9.10. The van der Waals surface area contributed by atoms with Crippen molar-refractivity contribution in [3.63, 3.8) is 0 Å². The molecule has 0 aliphatic rings. The molecule has 1 aromatic carbocycles. The van der Waals surface area contributed by atoms with E-state index in [1.54, 1.807) is 0 Å². The van der Waals surface area contributed by atoms with Gasteiger partial charge in [0.15, 0.2) is 0 Å². The van der Waals surface area contributed by atoms with Gasteiger partial charge < -0.3 is 5.32 Å². The summed E-state index contributed by atoms with van der Waals surface area (Å²) in [5.74, 6) is 0. The van der Waals surface area contributed by atoms with E-state index in [2.05, 4.69) is 37.8 Å². The van der Waals surface area contributed by atoms with Crippen LogP contribution in [0.25, 0.3) is 0 Å². The Hall–Kier alpha value is -0.490. The maximum Gasteiger partial charge on any atom is 0.0928 e. The van der Waals surface area contributed by atoms with E-state index in [1.165, 1.54) is 11.5 Å². The number of rotatable bonds is 6. The first kappa shape index (κ1) is 14.9. The number of aromatic nitrogens is 2. The Morgan fingerprint density at radius 2 is 2.32 bits per heavy atom. The molecular weight excluding hydrogens is 346 g/mol. The Balaban J connectivity index is 2.15. The van der Waals surface area contributed by atoms with Crippen LogP contribution in [0.15, 0.2) is 28.1 Å². The third kappa shape index (κ3) is 4.24. The zero-order chi connectivity index (χ0) is 13.7. The van der Waals surface area contributed by atoms with Gasteiger partial charge in [0.2, 0.25) is 0 Å². The first-order valence-electron chi connectivity index (χ1n) is 6.15. The van der Waals surface area contributed by atoms with Crippen LogP contribution in [0.2, 0.25) is 5.02 Å². The molecule has 0 spiro atoms. The quantitative estimate of drug-likeness (QED) is 0.837. The molecule has 0 saturated heterocycles. The van der Waals surface area contributed by atoms with Crippen LogP contribution in [-0.4, -0.2) is 16.1 Å². The summed E-state index contributed by atoms with van der Waals surface area (Å²) in [5.41, 5.74) is 2.10. The van der Waals surface area contributed by atoms with Crippen LogP contribution in [0.4, 0.5) is 0 Å². The van der Waals surface area contributed by atoms with Crippen molar-refractivity contribution in [1.82, 2.24) is 14.9 Å². The predicted octanol–water partition coefficient (Wildman–Crippen LogP) is 4.24. The third-order valence-electron chi connectivity index (χ3n) is 2.81. The summed E-state index contributed by atoms with van der Waals surface area (Å²) < 4.78 is 4.94. The molecule has 1 N–H and O–H groups in total. The Labute approximate surface area is 130 Å². The zero-order valence-electron chi connectivity index (χ0n) is 10.6. The summed E-state index contributed by atoms with van der Waals surface area (Å²) in [6, 6.07) is 6.15. The summed E-state index contributed by atoms with van der Waals surface area (Å²) in [6.45, 7) is 3.10. The van der Waals surface area contributed by atoms with Crippen molar-refractivity contribution >= 4 is 39.1 Å². The van der Waals surface area contributed by atoms with Gasteiger partial charge >= 0.3 is 0 Å². The topological polar surface area (TPSA) is 37.8 Å². The van der Waals surface area contributed by atoms with Crippen molar-refractivity contribution in [3.05, 3.63) is 44.3 Å². The molecule has 0 bridgehead atoms. The fraction of sp³-hybridized carbons (Fsp3) is 0.385. The second-order valence-corrected chi connectivity index (χ2v) is 6.21. The maximum atomic E-state index is 6.28. The second-order valence-electron chi connectivity index (χ2n) is 4.28. The lowest BCUT2D eigenvalue weighted by Crippen LogP contribution is -2.24. The van der Waals surface area contributed by atoms with Crippen molar-refractivity contribution in [2.45, 2.75) is 25.8 Å². The van der Waals surface area contributed by atoms with Gasteiger partial charge in [0.1, 0.15) is 0 Å². The number of hydrogen-bond acceptors (Lipinski definition) is 4. The number of nitrogens with one attached hydrogen (secondary N) is 1. The molecule has 1 atom stereocenters. The Morgan fingerprint density at radius 1 is 1.47 bits per heavy atom. The van der Waals surface area contributed by atoms with Gasteiger partial charge in [-0.15, -0.1) is 5.10 Å². The van der Waals surface area contributed by atoms with Crippen LogP contribution in [0.3, 0.4) is 0 Å². The lowest BCUT2D eigenvalue weighted by atomic mass is 10.0. The highest BCUT2D eigenvalue weighted by Gasteiger charge is 2.15. The molecule has 1 unspecified atom stereocenters. The summed E-state index contributed by atoms with van der Waals surface area (Å²) in [4.78, 5) is 0. The van der Waals surface area contributed by atoms with E-state index in [4.69, 9.17) is 11.6 Å². The average Bonchev–Trinajstić information content (AvgIpc) is 2.90. The van der Waals surface area contributed by atoms with Gasteiger partial charge in [-0.3, -0.25) is 0 Å². The molecule has 0 amide bonds. The number of nitrogens with zero attached hydrogens (tertiary/aromatic N) is 2. The standard InChI is InChI=1S/C13H15BrClN3S/c1-2-5-16-12(13-8-19-18-17-13)6-9-3-4-10(14)7-11(9)15/h3-4,7-8,12,16H,2,5-6H2,1H3. The minimum absolute atomic E-state index is 0.164. The van der Waals surface area contributed by atoms with Crippen molar-refractivity contribution in [2.75, 3.05) is 6.54 Å². The molecule has 19 heavy (non-hydrogen) atoms. The van der Waals surface area contributed by atoms with Crippen molar-refractivity contribution in [2.24, 2.45) is 0 Å². The van der Waals surface area contributed by atoms with Gasteiger partial charge in [-0.05, 0) is 48.6 Å². The van der Waals surface area contributed by atoms with Crippen molar-refractivity contribution < 1.29 is 0 Å². The largest absolute Gasteiger partial charge is 0.308 e. The molecule has 6 heteroatoms. The van der Waals surface area contributed by atoms with E-state index in [1.807, 2.05) is 23.6 Å². The van der Waals surface area contributed by atoms with Gasteiger partial charge in [-0.25, -0.2) is 0 Å². The lowest BCUT2D eigenvalue weighted by molar-refractivity contribution is 0.517. The van der Waals surface area contributed by atoms with Crippen LogP contribution in [0, 0.1) is 0 Å². The molecule has 0 radical (unpaired) electrons. The molecule has 1 aromatic heterocycles. The molecule has 1 heterocycles. The van der Waals surface area contributed by atoms with Crippen molar-refractivity contribution in [3.8, 4) is 0 Å². The van der Waals surface area contributed by atoms with Crippen LogP contribution in [0.5, 0.6) is 0 Å². The van der Waals surface area contributed by atoms with E-state index in [-0.39, 0.29) is 6.04 Å². The van der Waals surface area contributed by atoms with Gasteiger partial charge in [0.25, 0.3) is 0 Å². The molecule has 102 valence electrons. The highest BCUT2D eigenvalue weighted by atomic mass is 79.9. The predicted molar refractivity (Wildman–Crippen MR) is 83.8 cm³/mol. The maximum absolute atomic E-state index is 6.28. The number of halogens is 2. The molecule has 2 rings (SSSR count). The third-order valence-corrected chi connectivity index (χ3v) is 4.18. The monoisotopic (exact) mass is 359 g/mol. The lowest BCUT2D eigenvalue weighted by Gasteiger charge is -2.17. The molecule has 0 fully saturated rings. The van der Waals surface area contributed by atoms with Gasteiger partial charge in [0, 0.05) is 14.9 Å². The molecule has 3 nitrogen and oxygen atoms in total. The van der Waals surface area contributed by atoms with E-state index in [0.717, 1.165) is 40.1 Å². The molecule has 0 aliphatic carbocycles. The van der Waals surface area contributed by atoms with Crippen molar-refractivity contribution in [1.29, 1.82) is 0 Å². The zero-order valence-corrected chi connectivity index (χ0v) is 13.7. The van der Waals surface area contributed by atoms with Gasteiger partial charge in [0.05, 0.1) is 11.7 Å². The number of benzene rings is 1. The normalized spacial score (nSPS) is 12.6. The smallest absolute Gasteiger partial charge is 0.0928 e. The van der Waals surface area contributed by atoms with E-state index < -0.39 is 0 Å². The second kappa shape index (κ2) is 7.33. The Morgan fingerprint density at radius 3 is 2.95 bits per heavy atom. The highest BCUT2D eigenvalue weighted by Crippen LogP contribution is 2.26. The average molecular weight is 361 g/mol. The van der Waals surface area contributed by atoms with Gasteiger partial charge in [-0.1, -0.05) is 45.0 Å². The van der Waals surface area contributed by atoms with Gasteiger partial charge in [-0.2, -0.15) is 0 Å². The Bertz CT molecular complexity index is 519. The number of hydrogen-bond donors (Lipinski definition) is 1. The minimum Gasteiger partial charge on any atom is -0.308 e. The Kier molecular flexibility index (Phi) is 5.76. The molecular formula is C13H15BrClN3S.